The molecule has 0 aliphatic carbocycles. The van der Waals surface area contributed by atoms with Crippen molar-refractivity contribution in [3.05, 3.63) is 28.5 Å². The Morgan fingerprint density at radius 3 is 2.70 bits per heavy atom. The molecule has 1 rings (SSSR count). The lowest BCUT2D eigenvalue weighted by Crippen LogP contribution is -2.16. The molecule has 0 radical (unpaired) electrons. The molecule has 52 valence electrons. The highest BCUT2D eigenvalue weighted by Crippen LogP contribution is 1.99. The maximum atomic E-state index is 10.3. The fourth-order valence-electron chi connectivity index (χ4n) is 0.566. The average molecular weight is 203 g/mol. The molecule has 0 aliphatic heterocycles. The number of nitrogens with one attached hydrogen (secondary N) is 1. The number of rotatable bonds is 1. The minimum atomic E-state index is -0.957. The van der Waals surface area contributed by atoms with Crippen LogP contribution in [0.25, 0.3) is 0 Å². The second-order valence-electron chi connectivity index (χ2n) is 1.72. The van der Waals surface area contributed by atoms with Gasteiger partial charge in [0.1, 0.15) is 0 Å². The van der Waals surface area contributed by atoms with Gasteiger partial charge in [-0.3, -0.25) is 0 Å². The molecule has 2 N–H and O–H groups in total. The van der Waals surface area contributed by atoms with Crippen LogP contribution < -0.4 is 4.98 Å². The normalized spacial score (nSPS) is 9.30. The van der Waals surface area contributed by atoms with E-state index in [9.17, 15) is 4.79 Å². The first-order valence-electron chi connectivity index (χ1n) is 2.61. The van der Waals surface area contributed by atoms with Gasteiger partial charge < -0.3 is 5.11 Å². The van der Waals surface area contributed by atoms with Crippen molar-refractivity contribution < 1.29 is 14.9 Å². The van der Waals surface area contributed by atoms with E-state index in [4.69, 9.17) is 5.11 Å². The monoisotopic (exact) mass is 202 g/mol. The molecule has 0 saturated carbocycles. The van der Waals surface area contributed by atoms with Crippen molar-refractivity contribution in [2.45, 2.75) is 0 Å². The maximum absolute atomic E-state index is 10.3. The first-order chi connectivity index (χ1) is 4.70. The minimum absolute atomic E-state index is 0.175. The molecule has 0 amide bonds. The number of carboxylic acid groups (broad SMARTS) is 1. The summed E-state index contributed by atoms with van der Waals surface area (Å²) >= 11 is 3.11. The fourth-order valence-corrected chi connectivity index (χ4v) is 0.932. The number of H-pyrrole nitrogens is 1. The van der Waals surface area contributed by atoms with Crippen LogP contribution in [0.1, 0.15) is 10.5 Å². The first kappa shape index (κ1) is 7.21. The number of hydrogen-bond donors (Lipinski definition) is 1. The van der Waals surface area contributed by atoms with E-state index in [0.29, 0.717) is 4.60 Å². The van der Waals surface area contributed by atoms with Gasteiger partial charge in [0.2, 0.25) is 4.60 Å². The van der Waals surface area contributed by atoms with Crippen LogP contribution in [0.5, 0.6) is 0 Å². The second kappa shape index (κ2) is 2.79. The van der Waals surface area contributed by atoms with Gasteiger partial charge in [-0.05, 0) is 6.07 Å². The smallest absolute Gasteiger partial charge is 0.401 e. The molecule has 10 heavy (non-hydrogen) atoms. The van der Waals surface area contributed by atoms with Crippen molar-refractivity contribution in [2.24, 2.45) is 0 Å². The Bertz CT molecular complexity index is 262. The van der Waals surface area contributed by atoms with Crippen molar-refractivity contribution in [3.8, 4) is 0 Å². The van der Waals surface area contributed by atoms with E-state index in [1.807, 2.05) is 0 Å². The SMILES string of the molecule is O=C(O)c1cccc(Br)[nH+]1. The lowest BCUT2D eigenvalue weighted by molar-refractivity contribution is -0.397. The van der Waals surface area contributed by atoms with Crippen LogP contribution in [0, 0.1) is 0 Å². The topological polar surface area (TPSA) is 51.4 Å². The number of pyridine rings is 1. The number of aromatic carboxylic acids is 1. The lowest BCUT2D eigenvalue weighted by Gasteiger charge is -1.84. The molecule has 0 saturated heterocycles. The highest BCUT2D eigenvalue weighted by Gasteiger charge is 2.09. The molecule has 4 heteroatoms. The summed E-state index contributed by atoms with van der Waals surface area (Å²) in [5, 5.41) is 8.46. The van der Waals surface area contributed by atoms with Crippen LogP contribution in [0.4, 0.5) is 0 Å². The van der Waals surface area contributed by atoms with E-state index < -0.39 is 5.97 Å². The summed E-state index contributed by atoms with van der Waals surface area (Å²) in [5.74, 6) is -0.957. The van der Waals surface area contributed by atoms with Crippen molar-refractivity contribution in [1.82, 2.24) is 0 Å². The summed E-state index contributed by atoms with van der Waals surface area (Å²) in [6, 6.07) is 4.88. The summed E-state index contributed by atoms with van der Waals surface area (Å²) < 4.78 is 0.660. The molecule has 0 fully saturated rings. The van der Waals surface area contributed by atoms with E-state index >= 15 is 0 Å². The van der Waals surface area contributed by atoms with Gasteiger partial charge in [0.25, 0.3) is 5.69 Å². The Morgan fingerprint density at radius 2 is 2.30 bits per heavy atom. The highest BCUT2D eigenvalue weighted by molar-refractivity contribution is 9.10. The second-order valence-corrected chi connectivity index (χ2v) is 2.57. The van der Waals surface area contributed by atoms with Crippen LogP contribution in [-0.4, -0.2) is 11.1 Å². The molecule has 3 nitrogen and oxygen atoms in total. The van der Waals surface area contributed by atoms with Crippen LogP contribution in [-0.2, 0) is 0 Å². The third-order valence-electron chi connectivity index (χ3n) is 0.990. The van der Waals surface area contributed by atoms with Crippen LogP contribution in [0.15, 0.2) is 22.8 Å². The zero-order valence-corrected chi connectivity index (χ0v) is 6.55. The summed E-state index contributed by atoms with van der Waals surface area (Å²) in [6.07, 6.45) is 0. The van der Waals surface area contributed by atoms with E-state index in [0.717, 1.165) is 0 Å². The Morgan fingerprint density at radius 1 is 1.60 bits per heavy atom. The molecular weight excluding hydrogens is 198 g/mol. The number of aromatic amines is 1. The fraction of sp³-hybridized carbons (Fsp3) is 0. The summed E-state index contributed by atoms with van der Waals surface area (Å²) in [6.45, 7) is 0. The Balaban J connectivity index is 3.07. The van der Waals surface area contributed by atoms with Crippen LogP contribution in [0.2, 0.25) is 0 Å². The van der Waals surface area contributed by atoms with Crippen LogP contribution in [0.3, 0.4) is 0 Å². The molecule has 0 unspecified atom stereocenters. The first-order valence-corrected chi connectivity index (χ1v) is 3.40. The third-order valence-corrected chi connectivity index (χ3v) is 1.45. The van der Waals surface area contributed by atoms with Crippen molar-refractivity contribution in [1.29, 1.82) is 0 Å². The number of carboxylic acids is 1. The van der Waals surface area contributed by atoms with Crippen molar-refractivity contribution >= 4 is 21.9 Å². The quantitative estimate of drug-likeness (QED) is 0.691. The van der Waals surface area contributed by atoms with Gasteiger partial charge in [-0.2, -0.15) is 4.98 Å². The molecule has 0 bridgehead atoms. The van der Waals surface area contributed by atoms with Gasteiger partial charge in [0, 0.05) is 28.1 Å². The summed E-state index contributed by atoms with van der Waals surface area (Å²) in [5.41, 5.74) is 0.175. The molecular formula is C6H5BrNO2+. The maximum Gasteiger partial charge on any atom is 0.401 e. The summed E-state index contributed by atoms with van der Waals surface area (Å²) in [4.78, 5) is 12.9. The number of hydrogen-bond acceptors (Lipinski definition) is 1. The van der Waals surface area contributed by atoms with Gasteiger partial charge in [-0.1, -0.05) is 0 Å². The van der Waals surface area contributed by atoms with Gasteiger partial charge in [0.05, 0.1) is 0 Å². The Labute approximate surface area is 65.8 Å². The average Bonchev–Trinajstić information content (AvgIpc) is 1.88. The van der Waals surface area contributed by atoms with Gasteiger partial charge in [-0.25, -0.2) is 4.79 Å². The van der Waals surface area contributed by atoms with Gasteiger partial charge in [0.15, 0.2) is 0 Å². The Kier molecular flexibility index (Phi) is 2.01. The molecule has 1 aromatic heterocycles. The van der Waals surface area contributed by atoms with Gasteiger partial charge >= 0.3 is 5.97 Å². The summed E-state index contributed by atoms with van der Waals surface area (Å²) in [7, 11) is 0. The Hall–Kier alpha value is -0.900. The number of halogens is 1. The van der Waals surface area contributed by atoms with Crippen molar-refractivity contribution in [3.63, 3.8) is 0 Å². The largest absolute Gasteiger partial charge is 0.473 e. The molecule has 1 heterocycles. The van der Waals surface area contributed by atoms with Gasteiger partial charge in [-0.15, -0.1) is 0 Å². The highest BCUT2D eigenvalue weighted by atomic mass is 79.9. The third kappa shape index (κ3) is 1.54. The van der Waals surface area contributed by atoms with Crippen molar-refractivity contribution in [2.75, 3.05) is 0 Å². The standard InChI is InChI=1S/C6H4BrNO2/c7-5-3-1-2-4(8-5)6(9)10/h1-3H,(H,9,10)/p+1. The van der Waals surface area contributed by atoms with E-state index in [1.54, 1.807) is 12.1 Å². The molecule has 0 atom stereocenters. The molecule has 1 aromatic rings. The zero-order chi connectivity index (χ0) is 7.56. The van der Waals surface area contributed by atoms with Crippen LogP contribution >= 0.6 is 15.9 Å². The molecule has 0 spiro atoms. The predicted molar refractivity (Wildman–Crippen MR) is 37.7 cm³/mol. The molecule has 0 aliphatic rings. The number of aromatic nitrogens is 1. The number of carbonyl (C=O) groups is 1. The molecule has 0 aromatic carbocycles. The lowest BCUT2D eigenvalue weighted by atomic mass is 10.4. The predicted octanol–water partition coefficient (Wildman–Crippen LogP) is 0.961. The van der Waals surface area contributed by atoms with E-state index in [1.165, 1.54) is 6.07 Å². The minimum Gasteiger partial charge on any atom is -0.473 e. The zero-order valence-electron chi connectivity index (χ0n) is 4.97. The van der Waals surface area contributed by atoms with E-state index in [2.05, 4.69) is 20.9 Å². The van der Waals surface area contributed by atoms with E-state index in [-0.39, 0.29) is 5.69 Å².